The van der Waals surface area contributed by atoms with E-state index in [1.54, 1.807) is 18.2 Å². The standard InChI is InChI=1S/C28H27ClN4O2S/c1-20-7-5-6-10-23(20)27(35)31-28(36)30-22-12-13-25(24(29)19-22)32-15-17-33(18-16-32)26(34)14-11-21-8-3-2-4-9-21/h2-14,19H,15-18H2,1H3,(H2,30,31,35,36)/b14-11+. The molecule has 0 spiro atoms. The summed E-state index contributed by atoms with van der Waals surface area (Å²) >= 11 is 11.9. The Morgan fingerprint density at radius 2 is 1.64 bits per heavy atom. The fourth-order valence-corrected chi connectivity index (χ4v) is 4.52. The smallest absolute Gasteiger partial charge is 0.257 e. The van der Waals surface area contributed by atoms with Gasteiger partial charge in [-0.15, -0.1) is 0 Å². The maximum Gasteiger partial charge on any atom is 0.257 e. The van der Waals surface area contributed by atoms with E-state index in [1.165, 1.54) is 0 Å². The molecule has 0 saturated carbocycles. The van der Waals surface area contributed by atoms with E-state index in [2.05, 4.69) is 15.5 Å². The van der Waals surface area contributed by atoms with Crippen molar-refractivity contribution in [2.45, 2.75) is 6.92 Å². The van der Waals surface area contributed by atoms with Gasteiger partial charge in [-0.2, -0.15) is 0 Å². The second-order valence-corrected chi connectivity index (χ2v) is 9.26. The Hall–Kier alpha value is -3.68. The number of piperazine rings is 1. The third-order valence-electron chi connectivity index (χ3n) is 5.97. The van der Waals surface area contributed by atoms with Gasteiger partial charge < -0.3 is 15.1 Å². The number of nitrogens with one attached hydrogen (secondary N) is 2. The highest BCUT2D eigenvalue weighted by Gasteiger charge is 2.21. The minimum absolute atomic E-state index is 0.00500. The number of nitrogens with zero attached hydrogens (tertiary/aromatic N) is 2. The van der Waals surface area contributed by atoms with E-state index in [9.17, 15) is 9.59 Å². The van der Waals surface area contributed by atoms with Gasteiger partial charge in [-0.3, -0.25) is 14.9 Å². The van der Waals surface area contributed by atoms with Crippen molar-refractivity contribution in [1.82, 2.24) is 10.2 Å². The first kappa shape index (κ1) is 25.4. The van der Waals surface area contributed by atoms with Crippen LogP contribution in [-0.4, -0.2) is 48.0 Å². The van der Waals surface area contributed by atoms with Gasteiger partial charge in [-0.05, 0) is 60.6 Å². The fourth-order valence-electron chi connectivity index (χ4n) is 4.01. The van der Waals surface area contributed by atoms with Crippen LogP contribution in [0.1, 0.15) is 21.5 Å². The normalized spacial score (nSPS) is 13.5. The van der Waals surface area contributed by atoms with Gasteiger partial charge in [0.15, 0.2) is 5.11 Å². The number of carbonyl (C=O) groups excluding carboxylic acids is 2. The largest absolute Gasteiger partial charge is 0.367 e. The monoisotopic (exact) mass is 518 g/mol. The first-order valence-electron chi connectivity index (χ1n) is 11.7. The van der Waals surface area contributed by atoms with Crippen LogP contribution in [0.2, 0.25) is 5.02 Å². The van der Waals surface area contributed by atoms with E-state index in [0.29, 0.717) is 42.5 Å². The molecule has 1 aliphatic heterocycles. The Balaban J connectivity index is 1.30. The van der Waals surface area contributed by atoms with Crippen molar-refractivity contribution < 1.29 is 9.59 Å². The van der Waals surface area contributed by atoms with E-state index in [0.717, 1.165) is 16.8 Å². The van der Waals surface area contributed by atoms with Crippen LogP contribution in [0.3, 0.4) is 0 Å². The van der Waals surface area contributed by atoms with Crippen LogP contribution in [0.4, 0.5) is 11.4 Å². The number of carbonyl (C=O) groups is 2. The van der Waals surface area contributed by atoms with Gasteiger partial charge in [-0.1, -0.05) is 60.1 Å². The lowest BCUT2D eigenvalue weighted by molar-refractivity contribution is -0.126. The molecule has 8 heteroatoms. The van der Waals surface area contributed by atoms with Crippen molar-refractivity contribution in [3.63, 3.8) is 0 Å². The number of hydrogen-bond donors (Lipinski definition) is 2. The zero-order valence-corrected chi connectivity index (χ0v) is 21.5. The molecule has 1 heterocycles. The van der Waals surface area contributed by atoms with Crippen molar-refractivity contribution in [2.24, 2.45) is 0 Å². The number of benzene rings is 3. The molecular formula is C28H27ClN4O2S. The lowest BCUT2D eigenvalue weighted by Crippen LogP contribution is -2.48. The molecule has 0 aromatic heterocycles. The van der Waals surface area contributed by atoms with E-state index in [4.69, 9.17) is 23.8 Å². The lowest BCUT2D eigenvalue weighted by atomic mass is 10.1. The Labute approximate surface area is 221 Å². The molecule has 3 aromatic rings. The molecule has 2 amide bonds. The molecule has 1 fully saturated rings. The number of aryl methyl sites for hydroxylation is 1. The molecule has 0 aliphatic carbocycles. The summed E-state index contributed by atoms with van der Waals surface area (Å²) < 4.78 is 0. The average molecular weight is 519 g/mol. The molecule has 2 N–H and O–H groups in total. The highest BCUT2D eigenvalue weighted by molar-refractivity contribution is 7.80. The minimum Gasteiger partial charge on any atom is -0.367 e. The van der Waals surface area contributed by atoms with Gasteiger partial charge in [-0.25, -0.2) is 0 Å². The Bertz CT molecular complexity index is 1290. The maximum absolute atomic E-state index is 12.6. The van der Waals surface area contributed by atoms with E-state index < -0.39 is 0 Å². The van der Waals surface area contributed by atoms with Crippen LogP contribution >= 0.6 is 23.8 Å². The van der Waals surface area contributed by atoms with Gasteiger partial charge in [0.05, 0.1) is 10.7 Å². The number of thiocarbonyl (C=S) groups is 1. The summed E-state index contributed by atoms with van der Waals surface area (Å²) in [6.07, 6.45) is 3.46. The molecular weight excluding hydrogens is 492 g/mol. The third-order valence-corrected chi connectivity index (χ3v) is 6.48. The molecule has 6 nitrogen and oxygen atoms in total. The van der Waals surface area contributed by atoms with Crippen LogP contribution in [0.15, 0.2) is 78.9 Å². The summed E-state index contributed by atoms with van der Waals surface area (Å²) in [5.41, 5.74) is 4.02. The van der Waals surface area contributed by atoms with Crippen LogP contribution in [0, 0.1) is 6.92 Å². The molecule has 0 bridgehead atoms. The van der Waals surface area contributed by atoms with E-state index in [-0.39, 0.29) is 16.9 Å². The Morgan fingerprint density at radius 1 is 0.944 bits per heavy atom. The van der Waals surface area contributed by atoms with Crippen molar-refractivity contribution >= 4 is 58.2 Å². The van der Waals surface area contributed by atoms with E-state index >= 15 is 0 Å². The summed E-state index contributed by atoms with van der Waals surface area (Å²) in [6, 6.07) is 22.7. The molecule has 0 unspecified atom stereocenters. The molecule has 1 aliphatic rings. The molecule has 36 heavy (non-hydrogen) atoms. The summed E-state index contributed by atoms with van der Waals surface area (Å²) in [5, 5.41) is 6.49. The Morgan fingerprint density at radius 3 is 2.33 bits per heavy atom. The van der Waals surface area contributed by atoms with Crippen molar-refractivity contribution in [1.29, 1.82) is 0 Å². The number of rotatable bonds is 5. The predicted octanol–water partition coefficient (Wildman–Crippen LogP) is 5.14. The van der Waals surface area contributed by atoms with Gasteiger partial charge in [0.2, 0.25) is 5.91 Å². The summed E-state index contributed by atoms with van der Waals surface area (Å²) in [7, 11) is 0. The molecule has 184 valence electrons. The molecule has 1 saturated heterocycles. The summed E-state index contributed by atoms with van der Waals surface area (Å²) in [6.45, 7) is 4.47. The number of halogens is 1. The second kappa shape index (κ2) is 11.8. The van der Waals surface area contributed by atoms with Gasteiger partial charge in [0, 0.05) is 43.5 Å². The fraction of sp³-hybridized carbons (Fsp3) is 0.179. The highest BCUT2D eigenvalue weighted by atomic mass is 35.5. The van der Waals surface area contributed by atoms with Crippen LogP contribution in [0.25, 0.3) is 6.08 Å². The van der Waals surface area contributed by atoms with Crippen molar-refractivity contribution in [3.05, 3.63) is 101 Å². The molecule has 3 aromatic carbocycles. The quantitative estimate of drug-likeness (QED) is 0.362. The van der Waals surface area contributed by atoms with Crippen LogP contribution in [-0.2, 0) is 4.79 Å². The van der Waals surface area contributed by atoms with E-state index in [1.807, 2.05) is 78.6 Å². The van der Waals surface area contributed by atoms with Gasteiger partial charge in [0.1, 0.15) is 0 Å². The number of amides is 2. The van der Waals surface area contributed by atoms with Crippen molar-refractivity contribution in [2.75, 3.05) is 36.4 Å². The number of hydrogen-bond acceptors (Lipinski definition) is 4. The zero-order valence-electron chi connectivity index (χ0n) is 19.9. The van der Waals surface area contributed by atoms with Gasteiger partial charge in [0.25, 0.3) is 5.91 Å². The van der Waals surface area contributed by atoms with Crippen molar-refractivity contribution in [3.8, 4) is 0 Å². The first-order chi connectivity index (χ1) is 17.4. The topological polar surface area (TPSA) is 64.7 Å². The minimum atomic E-state index is -0.264. The second-order valence-electron chi connectivity index (χ2n) is 8.45. The molecule has 0 radical (unpaired) electrons. The third kappa shape index (κ3) is 6.50. The average Bonchev–Trinajstić information content (AvgIpc) is 2.88. The zero-order chi connectivity index (χ0) is 25.5. The van der Waals surface area contributed by atoms with Gasteiger partial charge >= 0.3 is 0 Å². The highest BCUT2D eigenvalue weighted by Crippen LogP contribution is 2.29. The predicted molar refractivity (Wildman–Crippen MR) is 151 cm³/mol. The Kier molecular flexibility index (Phi) is 8.36. The first-order valence-corrected chi connectivity index (χ1v) is 12.4. The lowest BCUT2D eigenvalue weighted by Gasteiger charge is -2.36. The molecule has 0 atom stereocenters. The van der Waals surface area contributed by atoms with Crippen LogP contribution < -0.4 is 15.5 Å². The molecule has 4 rings (SSSR count). The summed E-state index contributed by atoms with van der Waals surface area (Å²) in [4.78, 5) is 29.0. The number of anilines is 2. The maximum atomic E-state index is 12.6. The SMILES string of the molecule is Cc1ccccc1C(=O)NC(=S)Nc1ccc(N2CCN(C(=O)/C=C/c3ccccc3)CC2)c(Cl)c1. The summed E-state index contributed by atoms with van der Waals surface area (Å²) in [5.74, 6) is -0.259. The van der Waals surface area contributed by atoms with Crippen LogP contribution in [0.5, 0.6) is 0 Å².